The fourth-order valence-electron chi connectivity index (χ4n) is 2.22. The third kappa shape index (κ3) is 2.76. The maximum atomic E-state index is 12.1. The van der Waals surface area contributed by atoms with Crippen molar-refractivity contribution in [3.63, 3.8) is 0 Å². The zero-order valence-corrected chi connectivity index (χ0v) is 11.1. The molecule has 0 saturated carbocycles. The topological polar surface area (TPSA) is 90.4 Å². The first-order chi connectivity index (χ1) is 9.00. The minimum absolute atomic E-state index is 0.00191. The van der Waals surface area contributed by atoms with E-state index >= 15 is 0 Å². The first kappa shape index (κ1) is 13.5. The molecule has 1 amide bonds. The van der Waals surface area contributed by atoms with Crippen molar-refractivity contribution in [3.05, 3.63) is 11.9 Å². The van der Waals surface area contributed by atoms with Crippen LogP contribution in [0.15, 0.2) is 6.20 Å². The zero-order valence-electron chi connectivity index (χ0n) is 11.1. The van der Waals surface area contributed by atoms with Crippen molar-refractivity contribution < 1.29 is 14.3 Å². The number of hydrogen-bond donors (Lipinski definition) is 1. The standard InChI is InChI=1S/C12H18N4O3/c1-8-7-19-4-3-16(8)11(18)5-10(17)12-9(13)6-14-15(12)2/h6,8H,3-5,7,13H2,1-2H3/t8-/m1/s1. The summed E-state index contributed by atoms with van der Waals surface area (Å²) in [4.78, 5) is 25.9. The molecule has 0 radical (unpaired) electrons. The Morgan fingerprint density at radius 2 is 2.32 bits per heavy atom. The summed E-state index contributed by atoms with van der Waals surface area (Å²) in [5.74, 6) is -0.498. The van der Waals surface area contributed by atoms with Gasteiger partial charge in [0, 0.05) is 13.6 Å². The summed E-state index contributed by atoms with van der Waals surface area (Å²) >= 11 is 0. The number of Topliss-reactive ketones (excluding diaryl/α,β-unsaturated/α-hetero) is 1. The Morgan fingerprint density at radius 1 is 1.58 bits per heavy atom. The fraction of sp³-hybridized carbons (Fsp3) is 0.583. The van der Waals surface area contributed by atoms with E-state index in [9.17, 15) is 9.59 Å². The van der Waals surface area contributed by atoms with Gasteiger partial charge >= 0.3 is 0 Å². The second-order valence-corrected chi connectivity index (χ2v) is 4.68. The zero-order chi connectivity index (χ0) is 14.0. The molecular weight excluding hydrogens is 248 g/mol. The van der Waals surface area contributed by atoms with Crippen LogP contribution in [0.1, 0.15) is 23.8 Å². The van der Waals surface area contributed by atoms with E-state index in [1.54, 1.807) is 11.9 Å². The minimum Gasteiger partial charge on any atom is -0.396 e. The number of aromatic nitrogens is 2. The third-order valence-electron chi connectivity index (χ3n) is 3.23. The average molecular weight is 266 g/mol. The number of aryl methyl sites for hydroxylation is 1. The van der Waals surface area contributed by atoms with E-state index < -0.39 is 0 Å². The van der Waals surface area contributed by atoms with Crippen LogP contribution in [-0.4, -0.2) is 52.2 Å². The molecule has 7 nitrogen and oxygen atoms in total. The molecule has 7 heteroatoms. The summed E-state index contributed by atoms with van der Waals surface area (Å²) in [7, 11) is 1.63. The lowest BCUT2D eigenvalue weighted by atomic mass is 10.1. The lowest BCUT2D eigenvalue weighted by Crippen LogP contribution is -2.47. The summed E-state index contributed by atoms with van der Waals surface area (Å²) in [6.07, 6.45) is 1.23. The Kier molecular flexibility index (Phi) is 3.84. The number of nitrogens with zero attached hydrogens (tertiary/aromatic N) is 3. The maximum absolute atomic E-state index is 12.1. The van der Waals surface area contributed by atoms with Crippen LogP contribution < -0.4 is 5.73 Å². The molecule has 0 spiro atoms. The van der Waals surface area contributed by atoms with Gasteiger partial charge in [0.2, 0.25) is 5.91 Å². The van der Waals surface area contributed by atoms with E-state index in [1.807, 2.05) is 6.92 Å². The van der Waals surface area contributed by atoms with Gasteiger partial charge in [-0.3, -0.25) is 14.3 Å². The number of ether oxygens (including phenoxy) is 1. The Labute approximate surface area is 111 Å². The van der Waals surface area contributed by atoms with Crippen LogP contribution in [0.5, 0.6) is 0 Å². The predicted molar refractivity (Wildman–Crippen MR) is 68.6 cm³/mol. The molecule has 2 rings (SSSR count). The van der Waals surface area contributed by atoms with E-state index in [2.05, 4.69) is 5.10 Å². The van der Waals surface area contributed by atoms with Gasteiger partial charge in [0.15, 0.2) is 5.78 Å². The summed E-state index contributed by atoms with van der Waals surface area (Å²) in [6, 6.07) is -0.00191. The van der Waals surface area contributed by atoms with E-state index in [4.69, 9.17) is 10.5 Å². The van der Waals surface area contributed by atoms with Crippen LogP contribution in [0.3, 0.4) is 0 Å². The molecule has 2 heterocycles. The summed E-state index contributed by atoms with van der Waals surface area (Å²) in [5.41, 5.74) is 6.26. The number of nitrogen functional groups attached to an aromatic ring is 1. The molecule has 0 aromatic carbocycles. The van der Waals surface area contributed by atoms with Gasteiger partial charge in [-0.05, 0) is 6.92 Å². The number of morpholine rings is 1. The van der Waals surface area contributed by atoms with Crippen LogP contribution in [0, 0.1) is 0 Å². The van der Waals surface area contributed by atoms with E-state index in [0.717, 1.165) is 0 Å². The highest BCUT2D eigenvalue weighted by atomic mass is 16.5. The van der Waals surface area contributed by atoms with Crippen molar-refractivity contribution >= 4 is 17.4 Å². The van der Waals surface area contributed by atoms with Crippen molar-refractivity contribution in [1.29, 1.82) is 0 Å². The molecule has 1 saturated heterocycles. The number of rotatable bonds is 3. The Morgan fingerprint density at radius 3 is 2.89 bits per heavy atom. The first-order valence-corrected chi connectivity index (χ1v) is 6.18. The minimum atomic E-state index is -0.304. The molecule has 2 N–H and O–H groups in total. The van der Waals surface area contributed by atoms with Gasteiger partial charge < -0.3 is 15.4 Å². The van der Waals surface area contributed by atoms with Gasteiger partial charge in [-0.25, -0.2) is 0 Å². The highest BCUT2D eigenvalue weighted by Gasteiger charge is 2.27. The fourth-order valence-corrected chi connectivity index (χ4v) is 2.22. The Bertz CT molecular complexity index is 478. The van der Waals surface area contributed by atoms with Gasteiger partial charge in [0.25, 0.3) is 0 Å². The molecule has 19 heavy (non-hydrogen) atoms. The summed E-state index contributed by atoms with van der Waals surface area (Å²) < 4.78 is 6.66. The van der Waals surface area contributed by atoms with Gasteiger partial charge in [0.05, 0.1) is 37.6 Å². The number of carbonyl (C=O) groups is 2. The normalized spacial score (nSPS) is 19.5. The molecule has 0 unspecified atom stereocenters. The van der Waals surface area contributed by atoms with E-state index in [0.29, 0.717) is 25.4 Å². The van der Waals surface area contributed by atoms with Crippen LogP contribution in [0.2, 0.25) is 0 Å². The highest BCUT2D eigenvalue weighted by Crippen LogP contribution is 2.14. The van der Waals surface area contributed by atoms with Crippen LogP contribution in [0.4, 0.5) is 5.69 Å². The largest absolute Gasteiger partial charge is 0.396 e. The number of ketones is 1. The van der Waals surface area contributed by atoms with Gasteiger partial charge in [0.1, 0.15) is 5.69 Å². The molecule has 104 valence electrons. The summed E-state index contributed by atoms with van der Waals surface area (Å²) in [5, 5.41) is 3.90. The number of carbonyl (C=O) groups excluding carboxylic acids is 2. The first-order valence-electron chi connectivity index (χ1n) is 6.18. The molecule has 0 aliphatic carbocycles. The molecule has 1 aliphatic rings. The number of amides is 1. The lowest BCUT2D eigenvalue weighted by molar-refractivity contribution is -0.138. The number of nitrogens with two attached hydrogens (primary N) is 1. The molecular formula is C12H18N4O3. The molecule has 0 bridgehead atoms. The van der Waals surface area contributed by atoms with Crippen molar-refractivity contribution in [2.24, 2.45) is 7.05 Å². The van der Waals surface area contributed by atoms with Crippen molar-refractivity contribution in [2.75, 3.05) is 25.5 Å². The van der Waals surface area contributed by atoms with Crippen molar-refractivity contribution in [3.8, 4) is 0 Å². The molecule has 1 atom stereocenters. The average Bonchev–Trinajstić information content (AvgIpc) is 2.69. The van der Waals surface area contributed by atoms with Crippen LogP contribution in [0.25, 0.3) is 0 Å². The van der Waals surface area contributed by atoms with Crippen LogP contribution in [-0.2, 0) is 16.6 Å². The van der Waals surface area contributed by atoms with Crippen molar-refractivity contribution in [2.45, 2.75) is 19.4 Å². The molecule has 1 aromatic rings. The predicted octanol–water partition coefficient (Wildman–Crippen LogP) is -0.178. The monoisotopic (exact) mass is 266 g/mol. The number of anilines is 1. The van der Waals surface area contributed by atoms with E-state index in [1.165, 1.54) is 10.9 Å². The quantitative estimate of drug-likeness (QED) is 0.605. The Hall–Kier alpha value is -1.89. The molecule has 1 aliphatic heterocycles. The maximum Gasteiger partial charge on any atom is 0.230 e. The second kappa shape index (κ2) is 5.40. The van der Waals surface area contributed by atoms with Crippen molar-refractivity contribution in [1.82, 2.24) is 14.7 Å². The van der Waals surface area contributed by atoms with Gasteiger partial charge in [-0.2, -0.15) is 5.10 Å². The molecule has 1 aromatic heterocycles. The van der Waals surface area contributed by atoms with E-state index in [-0.39, 0.29) is 29.8 Å². The van der Waals surface area contributed by atoms with Crippen LogP contribution >= 0.6 is 0 Å². The smallest absolute Gasteiger partial charge is 0.230 e. The Balaban J connectivity index is 2.05. The molecule has 1 fully saturated rings. The van der Waals surface area contributed by atoms with Gasteiger partial charge in [-0.15, -0.1) is 0 Å². The second-order valence-electron chi connectivity index (χ2n) is 4.68. The SMILES string of the molecule is C[C@@H]1COCCN1C(=O)CC(=O)c1c(N)cnn1C. The van der Waals surface area contributed by atoms with Gasteiger partial charge in [-0.1, -0.05) is 0 Å². The number of hydrogen-bond acceptors (Lipinski definition) is 5. The lowest BCUT2D eigenvalue weighted by Gasteiger charge is -2.33. The summed E-state index contributed by atoms with van der Waals surface area (Å²) in [6.45, 7) is 3.44. The third-order valence-corrected chi connectivity index (χ3v) is 3.23. The highest BCUT2D eigenvalue weighted by molar-refractivity contribution is 6.08.